The topological polar surface area (TPSA) is 49.8 Å². The largest absolute Gasteiger partial charge is 0.473 e. The van der Waals surface area contributed by atoms with Crippen LogP contribution in [0, 0.1) is 0 Å². The van der Waals surface area contributed by atoms with Gasteiger partial charge >= 0.3 is 7.48 Å². The second-order valence-corrected chi connectivity index (χ2v) is 6.22. The fourth-order valence-electron chi connectivity index (χ4n) is 2.79. The Morgan fingerprint density at radius 3 is 2.15 bits per heavy atom. The van der Waals surface area contributed by atoms with Crippen molar-refractivity contribution in [1.82, 2.24) is 4.98 Å². The third-order valence-corrected chi connectivity index (χ3v) is 4.25. The van der Waals surface area contributed by atoms with Gasteiger partial charge in [-0.05, 0) is 17.2 Å². The lowest BCUT2D eigenvalue weighted by molar-refractivity contribution is -0.183. The van der Waals surface area contributed by atoms with Crippen LogP contribution in [0.15, 0.2) is 72.8 Å². The van der Waals surface area contributed by atoms with Crippen molar-refractivity contribution in [1.29, 1.82) is 0 Å². The summed E-state index contributed by atoms with van der Waals surface area (Å²) in [6.07, 6.45) is 0. The van der Waals surface area contributed by atoms with Crippen molar-refractivity contribution in [3.8, 4) is 11.8 Å². The van der Waals surface area contributed by atoms with Crippen LogP contribution < -0.4 is 9.47 Å². The zero-order chi connectivity index (χ0) is 18.3. The zero-order valence-corrected chi connectivity index (χ0v) is 14.8. The zero-order valence-electron chi connectivity index (χ0n) is 14.8. The minimum atomic E-state index is -0.0218. The van der Waals surface area contributed by atoms with Crippen LogP contribution in [0.1, 0.15) is 22.5 Å². The molecule has 2 aromatic carbocycles. The molecule has 0 amide bonds. The molecule has 1 aliphatic heterocycles. The summed E-state index contributed by atoms with van der Waals surface area (Å²) in [5.41, 5.74) is 3.07. The van der Waals surface area contributed by atoms with Gasteiger partial charge in [-0.15, -0.1) is 0 Å². The average molecular weight is 360 g/mol. The third-order valence-electron chi connectivity index (χ3n) is 4.25. The summed E-state index contributed by atoms with van der Waals surface area (Å²) in [5.74, 6) is 1.02. The Morgan fingerprint density at radius 2 is 1.52 bits per heavy atom. The van der Waals surface area contributed by atoms with E-state index in [9.17, 15) is 0 Å². The summed E-state index contributed by atoms with van der Waals surface area (Å²) in [6, 6.07) is 23.8. The van der Waals surface area contributed by atoms with Gasteiger partial charge in [-0.2, -0.15) is 4.98 Å². The first kappa shape index (κ1) is 17.6. The molecule has 5 nitrogen and oxygen atoms in total. The van der Waals surface area contributed by atoms with Gasteiger partial charge in [-0.1, -0.05) is 60.7 Å². The second kappa shape index (κ2) is 8.71. The summed E-state index contributed by atoms with van der Waals surface area (Å²) in [4.78, 5) is 14.5. The summed E-state index contributed by atoms with van der Waals surface area (Å²) >= 11 is 0. The van der Waals surface area contributed by atoms with Crippen LogP contribution in [0.25, 0.3) is 0 Å². The highest BCUT2D eigenvalue weighted by molar-refractivity contribution is 6.30. The first-order valence-electron chi connectivity index (χ1n) is 8.84. The molecule has 1 aliphatic rings. The molecule has 1 radical (unpaired) electrons. The molecule has 1 saturated heterocycles. The molecule has 1 aromatic heterocycles. The minimum absolute atomic E-state index is 0.0218. The number of benzene rings is 2. The van der Waals surface area contributed by atoms with E-state index in [1.165, 1.54) is 0 Å². The molecule has 4 rings (SSSR count). The Balaban J connectivity index is 1.51. The molecular weight excluding hydrogens is 341 g/mol. The second-order valence-electron chi connectivity index (χ2n) is 6.22. The number of pyridine rings is 1. The van der Waals surface area contributed by atoms with Crippen LogP contribution >= 0.6 is 0 Å². The minimum Gasteiger partial charge on any atom is -0.473 e. The number of aromatic nitrogens is 1. The van der Waals surface area contributed by atoms with Gasteiger partial charge in [0.25, 0.3) is 0 Å². The molecule has 1 fully saturated rings. The van der Waals surface area contributed by atoms with Gasteiger partial charge < -0.3 is 14.3 Å². The predicted molar refractivity (Wildman–Crippen MR) is 101 cm³/mol. The standard InChI is InChI=1S/C21H19BNO4/c1-3-7-16(8-4-1)13-24-20-12-11-18(19-15-26-27-22-19)21(23-20)25-14-17-9-5-2-6-10-17/h1-12,19H,13-15H2. The molecule has 1 unspecified atom stereocenters. The van der Waals surface area contributed by atoms with Crippen molar-refractivity contribution in [3.05, 3.63) is 89.5 Å². The van der Waals surface area contributed by atoms with Crippen LogP contribution in [0.2, 0.25) is 0 Å². The van der Waals surface area contributed by atoms with Crippen LogP contribution in [0.4, 0.5) is 0 Å². The van der Waals surface area contributed by atoms with Crippen LogP contribution in [0.5, 0.6) is 11.8 Å². The smallest absolute Gasteiger partial charge is 0.355 e. The van der Waals surface area contributed by atoms with E-state index in [0.29, 0.717) is 31.6 Å². The Hall–Kier alpha value is -2.83. The molecular formula is C21H19BNO4. The number of nitrogens with zero attached hydrogens (tertiary/aromatic N) is 1. The number of hydrogen-bond donors (Lipinski definition) is 0. The quantitative estimate of drug-likeness (QED) is 0.473. The van der Waals surface area contributed by atoms with Gasteiger partial charge in [0, 0.05) is 17.4 Å². The van der Waals surface area contributed by atoms with E-state index in [4.69, 9.17) is 19.2 Å². The molecule has 135 valence electrons. The lowest BCUT2D eigenvalue weighted by Gasteiger charge is -2.15. The van der Waals surface area contributed by atoms with Crippen molar-refractivity contribution in [3.63, 3.8) is 0 Å². The van der Waals surface area contributed by atoms with E-state index in [1.54, 1.807) is 7.48 Å². The van der Waals surface area contributed by atoms with Crippen molar-refractivity contribution in [2.75, 3.05) is 6.61 Å². The first-order valence-corrected chi connectivity index (χ1v) is 8.84. The van der Waals surface area contributed by atoms with Gasteiger partial charge in [0.1, 0.15) is 13.2 Å². The Bertz CT molecular complexity index is 855. The van der Waals surface area contributed by atoms with Gasteiger partial charge in [0.2, 0.25) is 11.8 Å². The monoisotopic (exact) mass is 360 g/mol. The number of rotatable bonds is 7. The SMILES string of the molecule is [B]1OOCC1c1ccc(OCc2ccccc2)nc1OCc1ccccc1. The highest BCUT2D eigenvalue weighted by Gasteiger charge is 2.26. The molecule has 3 aromatic rings. The van der Waals surface area contributed by atoms with E-state index in [2.05, 4.69) is 4.98 Å². The fourth-order valence-corrected chi connectivity index (χ4v) is 2.79. The molecule has 27 heavy (non-hydrogen) atoms. The number of ether oxygens (including phenoxy) is 2. The first-order chi connectivity index (χ1) is 13.4. The lowest BCUT2D eigenvalue weighted by Crippen LogP contribution is -2.10. The van der Waals surface area contributed by atoms with Crippen molar-refractivity contribution in [2.24, 2.45) is 0 Å². The molecule has 0 saturated carbocycles. The third kappa shape index (κ3) is 4.67. The fraction of sp³-hybridized carbons (Fsp3) is 0.190. The lowest BCUT2D eigenvalue weighted by atomic mass is 9.77. The molecule has 2 heterocycles. The maximum atomic E-state index is 6.01. The van der Waals surface area contributed by atoms with Crippen molar-refractivity contribution >= 4 is 7.48 Å². The van der Waals surface area contributed by atoms with Gasteiger partial charge in [0.05, 0.1) is 6.61 Å². The maximum Gasteiger partial charge on any atom is 0.355 e. The van der Waals surface area contributed by atoms with Crippen molar-refractivity contribution < 1.29 is 19.2 Å². The highest BCUT2D eigenvalue weighted by atomic mass is 17.2. The van der Waals surface area contributed by atoms with E-state index >= 15 is 0 Å². The number of hydrogen-bond acceptors (Lipinski definition) is 5. The molecule has 6 heteroatoms. The molecule has 1 atom stereocenters. The van der Waals surface area contributed by atoms with E-state index in [-0.39, 0.29) is 5.82 Å². The van der Waals surface area contributed by atoms with E-state index in [0.717, 1.165) is 16.7 Å². The molecule has 0 spiro atoms. The Morgan fingerprint density at radius 1 is 0.852 bits per heavy atom. The Kier molecular flexibility index (Phi) is 5.67. The molecule has 0 aliphatic carbocycles. The van der Waals surface area contributed by atoms with Crippen LogP contribution in [-0.2, 0) is 22.9 Å². The van der Waals surface area contributed by atoms with E-state index in [1.807, 2.05) is 72.8 Å². The normalized spacial score (nSPS) is 15.9. The summed E-state index contributed by atoms with van der Waals surface area (Å²) in [6.45, 7) is 1.32. The van der Waals surface area contributed by atoms with Gasteiger partial charge in [-0.25, -0.2) is 0 Å². The summed E-state index contributed by atoms with van der Waals surface area (Å²) in [7, 11) is 1.65. The van der Waals surface area contributed by atoms with Gasteiger partial charge in [0.15, 0.2) is 0 Å². The summed E-state index contributed by atoms with van der Waals surface area (Å²) < 4.78 is 11.8. The maximum absolute atomic E-state index is 6.01. The molecule has 0 bridgehead atoms. The van der Waals surface area contributed by atoms with Gasteiger partial charge in [-0.3, -0.25) is 4.89 Å². The summed E-state index contributed by atoms with van der Waals surface area (Å²) in [5, 5.41) is 0. The van der Waals surface area contributed by atoms with Crippen LogP contribution in [0.3, 0.4) is 0 Å². The molecule has 0 N–H and O–H groups in total. The van der Waals surface area contributed by atoms with Crippen molar-refractivity contribution in [2.45, 2.75) is 19.0 Å². The predicted octanol–water partition coefficient (Wildman–Crippen LogP) is 3.86. The van der Waals surface area contributed by atoms with E-state index < -0.39 is 0 Å². The highest BCUT2D eigenvalue weighted by Crippen LogP contribution is 2.30. The van der Waals surface area contributed by atoms with Crippen LogP contribution in [-0.4, -0.2) is 19.1 Å². The average Bonchev–Trinajstić information content (AvgIpc) is 3.27. The Labute approximate surface area is 159 Å².